The Labute approximate surface area is 85.0 Å². The summed E-state index contributed by atoms with van der Waals surface area (Å²) in [4.78, 5) is 10.3. The Bertz CT molecular complexity index is 390. The molecule has 0 spiro atoms. The Morgan fingerprint density at radius 2 is 2.00 bits per heavy atom. The lowest BCUT2D eigenvalue weighted by Crippen LogP contribution is -2.08. The lowest BCUT2D eigenvalue weighted by molar-refractivity contribution is -0.139. The number of aliphatic hydroxyl groups is 1. The SMILES string of the molecule is Cc1cc(F)c([C@@H](O)CC(=O)O)cc1F. The van der Waals surface area contributed by atoms with Crippen molar-refractivity contribution < 1.29 is 23.8 Å². The number of carbonyl (C=O) groups is 1. The highest BCUT2D eigenvalue weighted by molar-refractivity contribution is 5.67. The van der Waals surface area contributed by atoms with Gasteiger partial charge in [-0.05, 0) is 24.6 Å². The smallest absolute Gasteiger partial charge is 0.306 e. The number of carboxylic acids is 1. The summed E-state index contributed by atoms with van der Waals surface area (Å²) in [6.45, 7) is 1.38. The number of aliphatic hydroxyl groups excluding tert-OH is 1. The van der Waals surface area contributed by atoms with E-state index in [9.17, 15) is 18.7 Å². The van der Waals surface area contributed by atoms with Crippen LogP contribution in [0.4, 0.5) is 8.78 Å². The Morgan fingerprint density at radius 3 is 2.53 bits per heavy atom. The number of hydrogen-bond donors (Lipinski definition) is 2. The molecular formula is C10H10F2O3. The van der Waals surface area contributed by atoms with Crippen LogP contribution < -0.4 is 0 Å². The van der Waals surface area contributed by atoms with Gasteiger partial charge in [0.2, 0.25) is 0 Å². The summed E-state index contributed by atoms with van der Waals surface area (Å²) in [5, 5.41) is 17.7. The van der Waals surface area contributed by atoms with Crippen molar-refractivity contribution in [3.63, 3.8) is 0 Å². The van der Waals surface area contributed by atoms with Crippen molar-refractivity contribution in [1.29, 1.82) is 0 Å². The van der Waals surface area contributed by atoms with Gasteiger partial charge < -0.3 is 10.2 Å². The number of benzene rings is 1. The van der Waals surface area contributed by atoms with E-state index in [-0.39, 0.29) is 11.1 Å². The van der Waals surface area contributed by atoms with Crippen LogP contribution >= 0.6 is 0 Å². The average Bonchev–Trinajstić information content (AvgIpc) is 2.09. The maximum absolute atomic E-state index is 13.2. The molecule has 82 valence electrons. The first-order valence-electron chi connectivity index (χ1n) is 4.27. The minimum absolute atomic E-state index is 0.110. The van der Waals surface area contributed by atoms with Gasteiger partial charge in [-0.1, -0.05) is 0 Å². The first-order chi connectivity index (χ1) is 6.91. The van der Waals surface area contributed by atoms with E-state index in [0.29, 0.717) is 0 Å². The van der Waals surface area contributed by atoms with Crippen LogP contribution in [0.2, 0.25) is 0 Å². The summed E-state index contributed by atoms with van der Waals surface area (Å²) in [5.74, 6) is -2.75. The summed E-state index contributed by atoms with van der Waals surface area (Å²) in [6, 6.07) is 1.74. The third-order valence-corrected chi connectivity index (χ3v) is 2.00. The van der Waals surface area contributed by atoms with Crippen LogP contribution in [0.25, 0.3) is 0 Å². The summed E-state index contributed by atoms with van der Waals surface area (Å²) in [6.07, 6.45) is -2.18. The summed E-state index contributed by atoms with van der Waals surface area (Å²) in [5.41, 5.74) is -0.223. The molecule has 3 nitrogen and oxygen atoms in total. The molecule has 0 fully saturated rings. The minimum atomic E-state index is -1.53. The topological polar surface area (TPSA) is 57.5 Å². The molecule has 0 heterocycles. The van der Waals surface area contributed by atoms with Gasteiger partial charge >= 0.3 is 5.97 Å². The summed E-state index contributed by atoms with van der Waals surface area (Å²) < 4.78 is 26.2. The van der Waals surface area contributed by atoms with Crippen molar-refractivity contribution >= 4 is 5.97 Å². The average molecular weight is 216 g/mol. The number of halogens is 2. The number of aliphatic carboxylic acids is 1. The molecule has 0 aromatic heterocycles. The van der Waals surface area contributed by atoms with E-state index in [1.807, 2.05) is 0 Å². The fraction of sp³-hybridized carbons (Fsp3) is 0.300. The molecule has 5 heteroatoms. The zero-order valence-electron chi connectivity index (χ0n) is 8.00. The number of rotatable bonds is 3. The lowest BCUT2D eigenvalue weighted by atomic mass is 10.0. The van der Waals surface area contributed by atoms with Crippen molar-refractivity contribution in [3.8, 4) is 0 Å². The largest absolute Gasteiger partial charge is 0.481 e. The van der Waals surface area contributed by atoms with Crippen LogP contribution in [-0.4, -0.2) is 16.2 Å². The summed E-state index contributed by atoms with van der Waals surface area (Å²) in [7, 11) is 0. The van der Waals surface area contributed by atoms with Crippen LogP contribution in [0.5, 0.6) is 0 Å². The second-order valence-corrected chi connectivity index (χ2v) is 3.24. The minimum Gasteiger partial charge on any atom is -0.481 e. The van der Waals surface area contributed by atoms with Crippen molar-refractivity contribution in [2.75, 3.05) is 0 Å². The number of carboxylic acid groups (broad SMARTS) is 1. The Hall–Kier alpha value is -1.49. The fourth-order valence-corrected chi connectivity index (χ4v) is 1.19. The molecule has 2 N–H and O–H groups in total. The summed E-state index contributed by atoms with van der Waals surface area (Å²) >= 11 is 0. The molecule has 1 atom stereocenters. The van der Waals surface area contributed by atoms with Crippen molar-refractivity contribution in [2.45, 2.75) is 19.4 Å². The maximum Gasteiger partial charge on any atom is 0.306 e. The molecule has 0 saturated heterocycles. The monoisotopic (exact) mass is 216 g/mol. The normalized spacial score (nSPS) is 12.5. The second-order valence-electron chi connectivity index (χ2n) is 3.24. The van der Waals surface area contributed by atoms with Crippen molar-refractivity contribution in [3.05, 3.63) is 34.9 Å². The van der Waals surface area contributed by atoms with Gasteiger partial charge in [0.25, 0.3) is 0 Å². The van der Waals surface area contributed by atoms with E-state index in [1.54, 1.807) is 0 Å². The van der Waals surface area contributed by atoms with Gasteiger partial charge in [0, 0.05) is 5.56 Å². The quantitative estimate of drug-likeness (QED) is 0.809. The molecule has 1 aromatic carbocycles. The zero-order chi connectivity index (χ0) is 11.6. The second kappa shape index (κ2) is 4.35. The fourth-order valence-electron chi connectivity index (χ4n) is 1.19. The van der Waals surface area contributed by atoms with E-state index in [2.05, 4.69) is 0 Å². The molecule has 0 amide bonds. The van der Waals surface area contributed by atoms with Gasteiger partial charge in [-0.15, -0.1) is 0 Å². The molecule has 0 aliphatic heterocycles. The molecular weight excluding hydrogens is 206 g/mol. The first kappa shape index (κ1) is 11.6. The molecule has 0 saturated carbocycles. The third kappa shape index (κ3) is 2.73. The van der Waals surface area contributed by atoms with E-state index < -0.39 is 30.1 Å². The Kier molecular flexibility index (Phi) is 3.36. The highest BCUT2D eigenvalue weighted by Crippen LogP contribution is 2.22. The van der Waals surface area contributed by atoms with Gasteiger partial charge in [-0.25, -0.2) is 8.78 Å². The van der Waals surface area contributed by atoms with E-state index in [4.69, 9.17) is 5.11 Å². The number of aryl methyl sites for hydroxylation is 1. The standard InChI is InChI=1S/C10H10F2O3/c1-5-2-8(12)6(3-7(5)11)9(13)4-10(14)15/h2-3,9,13H,4H2,1H3,(H,14,15)/t9-/m0/s1. The molecule has 0 aliphatic rings. The van der Waals surface area contributed by atoms with E-state index >= 15 is 0 Å². The Balaban J connectivity index is 3.03. The molecule has 0 unspecified atom stereocenters. The molecule has 0 aliphatic carbocycles. The Morgan fingerprint density at radius 1 is 1.40 bits per heavy atom. The highest BCUT2D eigenvalue weighted by atomic mass is 19.1. The molecule has 0 radical (unpaired) electrons. The van der Waals surface area contributed by atoms with Crippen LogP contribution in [0.15, 0.2) is 12.1 Å². The predicted octanol–water partition coefficient (Wildman–Crippen LogP) is 1.78. The maximum atomic E-state index is 13.2. The van der Waals surface area contributed by atoms with Crippen molar-refractivity contribution in [2.24, 2.45) is 0 Å². The molecule has 1 aromatic rings. The van der Waals surface area contributed by atoms with Crippen LogP contribution in [-0.2, 0) is 4.79 Å². The van der Waals surface area contributed by atoms with Crippen molar-refractivity contribution in [1.82, 2.24) is 0 Å². The highest BCUT2D eigenvalue weighted by Gasteiger charge is 2.17. The predicted molar refractivity (Wildman–Crippen MR) is 48.3 cm³/mol. The first-order valence-corrected chi connectivity index (χ1v) is 4.27. The van der Waals surface area contributed by atoms with Gasteiger partial charge in [0.05, 0.1) is 12.5 Å². The van der Waals surface area contributed by atoms with E-state index in [0.717, 1.165) is 12.1 Å². The zero-order valence-corrected chi connectivity index (χ0v) is 8.00. The van der Waals surface area contributed by atoms with Gasteiger partial charge in [-0.2, -0.15) is 0 Å². The van der Waals surface area contributed by atoms with E-state index in [1.165, 1.54) is 6.92 Å². The lowest BCUT2D eigenvalue weighted by Gasteiger charge is -2.10. The van der Waals surface area contributed by atoms with Gasteiger partial charge in [-0.3, -0.25) is 4.79 Å². The molecule has 0 bridgehead atoms. The molecule has 1 rings (SSSR count). The van der Waals surface area contributed by atoms with Crippen LogP contribution in [0.1, 0.15) is 23.7 Å². The van der Waals surface area contributed by atoms with Gasteiger partial charge in [0.1, 0.15) is 11.6 Å². The molecule has 15 heavy (non-hydrogen) atoms. The van der Waals surface area contributed by atoms with Crippen LogP contribution in [0.3, 0.4) is 0 Å². The number of hydrogen-bond acceptors (Lipinski definition) is 2. The van der Waals surface area contributed by atoms with Crippen LogP contribution in [0, 0.1) is 18.6 Å². The van der Waals surface area contributed by atoms with Gasteiger partial charge in [0.15, 0.2) is 0 Å². The third-order valence-electron chi connectivity index (χ3n) is 2.00.